The summed E-state index contributed by atoms with van der Waals surface area (Å²) in [4.78, 5) is 0. The van der Waals surface area contributed by atoms with Crippen LogP contribution >= 0.6 is 0 Å². The molecule has 3 heteroatoms. The molecule has 0 aromatic heterocycles. The zero-order valence-corrected chi connectivity index (χ0v) is 15.8. The Balaban J connectivity index is 2.17. The fourth-order valence-electron chi connectivity index (χ4n) is 4.38. The molecule has 1 aliphatic rings. The van der Waals surface area contributed by atoms with Crippen LogP contribution < -0.4 is 0 Å². The lowest BCUT2D eigenvalue weighted by atomic mass is 9.75. The standard InChI is InChI=1S/C23H27F3/c1-4-6-15-8-10-17(18(13-15)20-7-5-12-23(20,2)3)19-14-16(22(25)26)9-11-21(19)24/h8-11,13-14,20,22H,4-7,12H2,1-3H3/t20-/m0/s1. The van der Waals surface area contributed by atoms with Crippen molar-refractivity contribution in [2.24, 2.45) is 5.41 Å². The van der Waals surface area contributed by atoms with E-state index in [1.165, 1.54) is 23.8 Å². The van der Waals surface area contributed by atoms with Crippen molar-refractivity contribution in [3.8, 4) is 11.1 Å². The number of alkyl halides is 2. The van der Waals surface area contributed by atoms with E-state index >= 15 is 0 Å². The second-order valence-electron chi connectivity index (χ2n) is 8.14. The highest BCUT2D eigenvalue weighted by Crippen LogP contribution is 2.51. The summed E-state index contributed by atoms with van der Waals surface area (Å²) in [5.41, 5.74) is 3.42. The molecule has 0 amide bonds. The first-order valence-electron chi connectivity index (χ1n) is 9.54. The maximum atomic E-state index is 14.6. The summed E-state index contributed by atoms with van der Waals surface area (Å²) >= 11 is 0. The maximum absolute atomic E-state index is 14.6. The third kappa shape index (κ3) is 3.67. The molecule has 1 fully saturated rings. The quantitative estimate of drug-likeness (QED) is 0.513. The van der Waals surface area contributed by atoms with E-state index in [1.54, 1.807) is 0 Å². The molecule has 0 heterocycles. The molecule has 0 saturated heterocycles. The molecular weight excluding hydrogens is 333 g/mol. The molecule has 0 aliphatic heterocycles. The zero-order valence-electron chi connectivity index (χ0n) is 15.8. The van der Waals surface area contributed by atoms with E-state index < -0.39 is 12.2 Å². The third-order valence-corrected chi connectivity index (χ3v) is 5.82. The van der Waals surface area contributed by atoms with Gasteiger partial charge in [0.25, 0.3) is 6.43 Å². The van der Waals surface area contributed by atoms with E-state index in [0.29, 0.717) is 11.5 Å². The Bertz CT molecular complexity index is 777. The van der Waals surface area contributed by atoms with E-state index in [9.17, 15) is 13.2 Å². The van der Waals surface area contributed by atoms with Gasteiger partial charge >= 0.3 is 0 Å². The third-order valence-electron chi connectivity index (χ3n) is 5.82. The normalized spacial score (nSPS) is 19.3. The van der Waals surface area contributed by atoms with E-state index in [4.69, 9.17) is 0 Å². The fourth-order valence-corrected chi connectivity index (χ4v) is 4.38. The molecule has 0 N–H and O–H groups in total. The minimum Gasteiger partial charge on any atom is -0.206 e. The van der Waals surface area contributed by atoms with Crippen molar-refractivity contribution in [3.63, 3.8) is 0 Å². The molecule has 0 unspecified atom stereocenters. The SMILES string of the molecule is CCCc1ccc(-c2cc(C(F)F)ccc2F)c([C@@H]2CCCC2(C)C)c1. The molecule has 0 radical (unpaired) electrons. The van der Waals surface area contributed by atoms with Crippen LogP contribution in [0.3, 0.4) is 0 Å². The lowest BCUT2D eigenvalue weighted by Crippen LogP contribution is -2.16. The molecule has 26 heavy (non-hydrogen) atoms. The molecule has 140 valence electrons. The van der Waals surface area contributed by atoms with E-state index in [0.717, 1.165) is 43.2 Å². The summed E-state index contributed by atoms with van der Waals surface area (Å²) in [6.45, 7) is 6.65. The fraction of sp³-hybridized carbons (Fsp3) is 0.478. The maximum Gasteiger partial charge on any atom is 0.263 e. The highest BCUT2D eigenvalue weighted by Gasteiger charge is 2.37. The smallest absolute Gasteiger partial charge is 0.206 e. The van der Waals surface area contributed by atoms with Gasteiger partial charge < -0.3 is 0 Å². The molecule has 1 saturated carbocycles. The van der Waals surface area contributed by atoms with E-state index in [1.807, 2.05) is 12.1 Å². The summed E-state index contributed by atoms with van der Waals surface area (Å²) in [5, 5.41) is 0. The van der Waals surface area contributed by atoms with Crippen LogP contribution in [-0.4, -0.2) is 0 Å². The summed E-state index contributed by atoms with van der Waals surface area (Å²) in [7, 11) is 0. The molecule has 0 spiro atoms. The average molecular weight is 360 g/mol. The predicted octanol–water partition coefficient (Wildman–Crippen LogP) is 7.68. The van der Waals surface area contributed by atoms with Gasteiger partial charge in [-0.3, -0.25) is 0 Å². The summed E-state index contributed by atoms with van der Waals surface area (Å²) in [6, 6.07) is 9.79. The molecule has 2 aromatic carbocycles. The highest BCUT2D eigenvalue weighted by molar-refractivity contribution is 5.70. The topological polar surface area (TPSA) is 0 Å². The number of hydrogen-bond acceptors (Lipinski definition) is 0. The molecule has 2 aromatic rings. The van der Waals surface area contributed by atoms with Crippen LogP contribution in [0.4, 0.5) is 13.2 Å². The van der Waals surface area contributed by atoms with Crippen molar-refractivity contribution >= 4 is 0 Å². The molecular formula is C23H27F3. The van der Waals surface area contributed by atoms with Crippen molar-refractivity contribution < 1.29 is 13.2 Å². The first-order chi connectivity index (χ1) is 12.3. The molecule has 0 nitrogen and oxygen atoms in total. The van der Waals surface area contributed by atoms with Gasteiger partial charge in [-0.05, 0) is 59.4 Å². The van der Waals surface area contributed by atoms with Gasteiger partial charge in [-0.2, -0.15) is 0 Å². The van der Waals surface area contributed by atoms with Gasteiger partial charge in [-0.1, -0.05) is 57.9 Å². The number of aryl methyl sites for hydroxylation is 1. The monoisotopic (exact) mass is 360 g/mol. The van der Waals surface area contributed by atoms with Crippen molar-refractivity contribution in [2.45, 2.75) is 65.2 Å². The number of rotatable bonds is 5. The van der Waals surface area contributed by atoms with E-state index in [-0.39, 0.29) is 11.0 Å². The molecule has 1 atom stereocenters. The first kappa shape index (κ1) is 19.0. The minimum atomic E-state index is -2.60. The minimum absolute atomic E-state index is 0.129. The molecule has 0 bridgehead atoms. The Morgan fingerprint density at radius 3 is 2.46 bits per heavy atom. The largest absolute Gasteiger partial charge is 0.263 e. The number of halogens is 3. The van der Waals surface area contributed by atoms with Gasteiger partial charge in [0.2, 0.25) is 0 Å². The summed E-state index contributed by atoms with van der Waals surface area (Å²) in [5.74, 6) is -0.112. The molecule has 3 rings (SSSR count). The Hall–Kier alpha value is -1.77. The lowest BCUT2D eigenvalue weighted by Gasteiger charge is -2.30. The van der Waals surface area contributed by atoms with Crippen LogP contribution in [0.25, 0.3) is 11.1 Å². The predicted molar refractivity (Wildman–Crippen MR) is 101 cm³/mol. The first-order valence-corrected chi connectivity index (χ1v) is 9.54. The second kappa shape index (κ2) is 7.46. The van der Waals surface area contributed by atoms with Crippen molar-refractivity contribution in [2.75, 3.05) is 0 Å². The van der Waals surface area contributed by atoms with Crippen LogP contribution in [0.15, 0.2) is 36.4 Å². The van der Waals surface area contributed by atoms with Crippen LogP contribution in [0.5, 0.6) is 0 Å². The number of hydrogen-bond donors (Lipinski definition) is 0. The van der Waals surface area contributed by atoms with E-state index in [2.05, 4.69) is 26.8 Å². The summed E-state index contributed by atoms with van der Waals surface area (Å²) in [6.07, 6.45) is 2.76. The van der Waals surface area contributed by atoms with Gasteiger partial charge in [0.1, 0.15) is 5.82 Å². The van der Waals surface area contributed by atoms with Crippen molar-refractivity contribution in [1.29, 1.82) is 0 Å². The van der Waals surface area contributed by atoms with Crippen LogP contribution in [0, 0.1) is 11.2 Å². The van der Waals surface area contributed by atoms with Crippen LogP contribution in [-0.2, 0) is 6.42 Å². The Morgan fingerprint density at radius 1 is 1.08 bits per heavy atom. The second-order valence-corrected chi connectivity index (χ2v) is 8.14. The van der Waals surface area contributed by atoms with Crippen LogP contribution in [0.2, 0.25) is 0 Å². The van der Waals surface area contributed by atoms with Gasteiger partial charge in [-0.25, -0.2) is 13.2 Å². The van der Waals surface area contributed by atoms with Gasteiger partial charge in [0.15, 0.2) is 0 Å². The van der Waals surface area contributed by atoms with Crippen molar-refractivity contribution in [1.82, 2.24) is 0 Å². The number of benzene rings is 2. The van der Waals surface area contributed by atoms with Gasteiger partial charge in [0.05, 0.1) is 0 Å². The lowest BCUT2D eigenvalue weighted by molar-refractivity contribution is 0.151. The molecule has 1 aliphatic carbocycles. The van der Waals surface area contributed by atoms with Crippen LogP contribution in [0.1, 0.15) is 75.5 Å². The van der Waals surface area contributed by atoms with Gasteiger partial charge in [-0.15, -0.1) is 0 Å². The Labute approximate surface area is 154 Å². The summed E-state index contributed by atoms with van der Waals surface area (Å²) < 4.78 is 40.9. The van der Waals surface area contributed by atoms with Crippen molar-refractivity contribution in [3.05, 3.63) is 58.9 Å². The Kier molecular flexibility index (Phi) is 5.45. The average Bonchev–Trinajstić information content (AvgIpc) is 2.94. The Morgan fingerprint density at radius 2 is 1.85 bits per heavy atom. The van der Waals surface area contributed by atoms with Gasteiger partial charge in [0, 0.05) is 11.1 Å². The zero-order chi connectivity index (χ0) is 18.9. The highest BCUT2D eigenvalue weighted by atomic mass is 19.3.